The molecule has 2 N–H and O–H groups in total. The van der Waals surface area contributed by atoms with Gasteiger partial charge in [0.2, 0.25) is 0 Å². The normalized spacial score (nSPS) is 10.9. The quantitative estimate of drug-likeness (QED) is 0.456. The van der Waals surface area contributed by atoms with Crippen LogP contribution in [0.4, 0.5) is 10.1 Å². The number of rotatable bonds is 4. The van der Waals surface area contributed by atoms with Crippen molar-refractivity contribution in [3.63, 3.8) is 0 Å². The SMILES string of the molecule is O=C(Nc1ccc(-c2cnccc2F)nc1)c1n[nH]c2ccc(-c3cccnc3)cc12. The molecule has 4 heterocycles. The number of anilines is 1. The molecule has 0 fully saturated rings. The monoisotopic (exact) mass is 410 g/mol. The predicted octanol–water partition coefficient (Wildman–Crippen LogP) is 4.47. The number of hydrogen-bond donors (Lipinski definition) is 2. The smallest absolute Gasteiger partial charge is 0.276 e. The van der Waals surface area contributed by atoms with Crippen molar-refractivity contribution in [2.75, 3.05) is 5.32 Å². The van der Waals surface area contributed by atoms with Gasteiger partial charge in [-0.05, 0) is 42.0 Å². The fourth-order valence-corrected chi connectivity index (χ4v) is 3.28. The molecule has 8 heteroatoms. The number of hydrogen-bond acceptors (Lipinski definition) is 5. The Hall–Kier alpha value is -4.46. The minimum atomic E-state index is -0.410. The molecule has 0 aliphatic rings. The Bertz CT molecular complexity index is 1380. The van der Waals surface area contributed by atoms with Crippen LogP contribution in [0.15, 0.2) is 79.5 Å². The Morgan fingerprint density at radius 1 is 0.935 bits per heavy atom. The van der Waals surface area contributed by atoms with Gasteiger partial charge in [-0.1, -0.05) is 12.1 Å². The Labute approximate surface area is 176 Å². The van der Waals surface area contributed by atoms with Gasteiger partial charge in [-0.2, -0.15) is 5.10 Å². The molecule has 0 unspecified atom stereocenters. The zero-order chi connectivity index (χ0) is 21.2. The molecule has 0 spiro atoms. The Kier molecular flexibility index (Phi) is 4.64. The lowest BCUT2D eigenvalue weighted by atomic mass is 10.0. The van der Waals surface area contributed by atoms with Crippen LogP contribution in [0.1, 0.15) is 10.5 Å². The first-order valence-electron chi connectivity index (χ1n) is 9.45. The number of aromatic amines is 1. The maximum absolute atomic E-state index is 13.9. The lowest BCUT2D eigenvalue weighted by Gasteiger charge is -2.06. The molecular formula is C23H15FN6O. The first-order chi connectivity index (χ1) is 15.2. The van der Waals surface area contributed by atoms with E-state index in [1.165, 1.54) is 24.7 Å². The van der Waals surface area contributed by atoms with E-state index in [0.717, 1.165) is 16.6 Å². The van der Waals surface area contributed by atoms with E-state index >= 15 is 0 Å². The topological polar surface area (TPSA) is 96.5 Å². The Morgan fingerprint density at radius 3 is 2.61 bits per heavy atom. The van der Waals surface area contributed by atoms with E-state index in [1.807, 2.05) is 30.3 Å². The molecule has 7 nitrogen and oxygen atoms in total. The van der Waals surface area contributed by atoms with E-state index in [1.54, 1.807) is 24.5 Å². The standard InChI is InChI=1S/C23H15FN6O/c24-19-7-9-26-13-18(19)20-6-4-16(12-27-20)28-23(31)22-17-10-14(3-5-21(17)29-30-22)15-2-1-8-25-11-15/h1-13H,(H,28,31)(H,29,30). The van der Waals surface area contributed by atoms with Crippen molar-refractivity contribution in [1.82, 2.24) is 25.1 Å². The minimum absolute atomic E-state index is 0.267. The molecule has 5 aromatic rings. The van der Waals surface area contributed by atoms with Gasteiger partial charge >= 0.3 is 0 Å². The van der Waals surface area contributed by atoms with Gasteiger partial charge in [-0.25, -0.2) is 4.39 Å². The number of halogens is 1. The minimum Gasteiger partial charge on any atom is -0.319 e. The average molecular weight is 410 g/mol. The van der Waals surface area contributed by atoms with Gasteiger partial charge in [0.15, 0.2) is 5.69 Å². The maximum atomic E-state index is 13.9. The number of H-pyrrole nitrogens is 1. The van der Waals surface area contributed by atoms with Crippen molar-refractivity contribution in [3.8, 4) is 22.4 Å². The highest BCUT2D eigenvalue weighted by Gasteiger charge is 2.16. The van der Waals surface area contributed by atoms with Crippen LogP contribution in [-0.2, 0) is 0 Å². The summed E-state index contributed by atoms with van der Waals surface area (Å²) >= 11 is 0. The van der Waals surface area contributed by atoms with Crippen LogP contribution in [0.25, 0.3) is 33.3 Å². The van der Waals surface area contributed by atoms with Crippen molar-refractivity contribution in [1.29, 1.82) is 0 Å². The highest BCUT2D eigenvalue weighted by molar-refractivity contribution is 6.11. The number of nitrogens with one attached hydrogen (secondary N) is 2. The molecule has 4 aromatic heterocycles. The lowest BCUT2D eigenvalue weighted by molar-refractivity contribution is 0.102. The van der Waals surface area contributed by atoms with Gasteiger partial charge in [0.25, 0.3) is 5.91 Å². The van der Waals surface area contributed by atoms with Crippen LogP contribution in [0, 0.1) is 5.82 Å². The number of fused-ring (bicyclic) bond motifs is 1. The van der Waals surface area contributed by atoms with Crippen molar-refractivity contribution in [2.45, 2.75) is 0 Å². The summed E-state index contributed by atoms with van der Waals surface area (Å²) in [4.78, 5) is 25.1. The second-order valence-corrected chi connectivity index (χ2v) is 6.82. The Morgan fingerprint density at radius 2 is 1.84 bits per heavy atom. The van der Waals surface area contributed by atoms with Crippen LogP contribution in [0.3, 0.4) is 0 Å². The number of pyridine rings is 3. The Balaban J connectivity index is 1.41. The summed E-state index contributed by atoms with van der Waals surface area (Å²) in [5.74, 6) is -0.789. The summed E-state index contributed by atoms with van der Waals surface area (Å²) in [5, 5.41) is 10.5. The van der Waals surface area contributed by atoms with Gasteiger partial charge in [0.05, 0.1) is 28.7 Å². The summed E-state index contributed by atoms with van der Waals surface area (Å²) in [5.41, 5.74) is 4.08. The number of amides is 1. The highest BCUT2D eigenvalue weighted by atomic mass is 19.1. The van der Waals surface area contributed by atoms with Crippen LogP contribution < -0.4 is 5.32 Å². The van der Waals surface area contributed by atoms with Crippen molar-refractivity contribution < 1.29 is 9.18 Å². The number of carbonyl (C=O) groups excluding carboxylic acids is 1. The lowest BCUT2D eigenvalue weighted by Crippen LogP contribution is -2.13. The van der Waals surface area contributed by atoms with Crippen LogP contribution in [0.2, 0.25) is 0 Å². The predicted molar refractivity (Wildman–Crippen MR) is 115 cm³/mol. The van der Waals surface area contributed by atoms with E-state index in [-0.39, 0.29) is 11.6 Å². The average Bonchev–Trinajstić information content (AvgIpc) is 3.24. The maximum Gasteiger partial charge on any atom is 0.276 e. The molecular weight excluding hydrogens is 395 g/mol. The fourth-order valence-electron chi connectivity index (χ4n) is 3.28. The summed E-state index contributed by atoms with van der Waals surface area (Å²) in [6.45, 7) is 0. The molecule has 31 heavy (non-hydrogen) atoms. The van der Waals surface area contributed by atoms with Gasteiger partial charge < -0.3 is 5.32 Å². The first-order valence-corrected chi connectivity index (χ1v) is 9.45. The zero-order valence-electron chi connectivity index (χ0n) is 16.1. The fraction of sp³-hybridized carbons (Fsp3) is 0. The van der Waals surface area contributed by atoms with E-state index in [9.17, 15) is 9.18 Å². The second-order valence-electron chi connectivity index (χ2n) is 6.82. The van der Waals surface area contributed by atoms with Crippen molar-refractivity contribution in [2.24, 2.45) is 0 Å². The number of carbonyl (C=O) groups is 1. The molecule has 0 saturated heterocycles. The number of benzene rings is 1. The van der Waals surface area contributed by atoms with Crippen LogP contribution in [-0.4, -0.2) is 31.1 Å². The largest absolute Gasteiger partial charge is 0.319 e. The number of aromatic nitrogens is 5. The molecule has 0 radical (unpaired) electrons. The zero-order valence-corrected chi connectivity index (χ0v) is 16.1. The van der Waals surface area contributed by atoms with Gasteiger partial charge in [0.1, 0.15) is 5.82 Å². The van der Waals surface area contributed by atoms with Crippen molar-refractivity contribution in [3.05, 3.63) is 91.0 Å². The van der Waals surface area contributed by atoms with E-state index in [2.05, 4.69) is 30.5 Å². The molecule has 1 amide bonds. The number of nitrogens with zero attached hydrogens (tertiary/aromatic N) is 4. The third kappa shape index (κ3) is 3.62. The summed E-state index contributed by atoms with van der Waals surface area (Å²) in [7, 11) is 0. The molecule has 1 aromatic carbocycles. The molecule has 0 atom stereocenters. The van der Waals surface area contributed by atoms with Gasteiger partial charge in [-0.3, -0.25) is 24.8 Å². The van der Waals surface area contributed by atoms with E-state index < -0.39 is 5.82 Å². The molecule has 0 saturated carbocycles. The van der Waals surface area contributed by atoms with Gasteiger partial charge in [-0.15, -0.1) is 0 Å². The molecule has 0 aliphatic heterocycles. The summed E-state index contributed by atoms with van der Waals surface area (Å²) in [6, 6.07) is 14.1. The second kappa shape index (κ2) is 7.75. The first kappa shape index (κ1) is 18.6. The van der Waals surface area contributed by atoms with Crippen molar-refractivity contribution >= 4 is 22.5 Å². The third-order valence-electron chi connectivity index (χ3n) is 4.84. The van der Waals surface area contributed by atoms with Gasteiger partial charge in [0, 0.05) is 35.7 Å². The highest BCUT2D eigenvalue weighted by Crippen LogP contribution is 2.26. The molecule has 150 valence electrons. The van der Waals surface area contributed by atoms with E-state index in [0.29, 0.717) is 22.3 Å². The summed E-state index contributed by atoms with van der Waals surface area (Å²) < 4.78 is 13.9. The molecule has 0 bridgehead atoms. The third-order valence-corrected chi connectivity index (χ3v) is 4.84. The van der Waals surface area contributed by atoms with Crippen LogP contribution >= 0.6 is 0 Å². The molecule has 5 rings (SSSR count). The van der Waals surface area contributed by atoms with E-state index in [4.69, 9.17) is 0 Å². The van der Waals surface area contributed by atoms with Crippen LogP contribution in [0.5, 0.6) is 0 Å². The molecule has 0 aliphatic carbocycles. The summed E-state index contributed by atoms with van der Waals surface area (Å²) in [6.07, 6.45) is 7.72.